The number of anilines is 2. The number of nitrogens with one attached hydrogen (secondary N) is 2. The van der Waals surface area contributed by atoms with Crippen molar-refractivity contribution in [3.63, 3.8) is 0 Å². The second-order valence-corrected chi connectivity index (χ2v) is 8.53. The minimum atomic E-state index is -0.249. The fourth-order valence-corrected chi connectivity index (χ4v) is 3.84. The molecule has 154 valence electrons. The molecule has 1 atom stereocenters. The number of aromatic amines is 1. The lowest BCUT2D eigenvalue weighted by atomic mass is 10.1. The monoisotopic (exact) mass is 396 g/mol. The van der Waals surface area contributed by atoms with Crippen LogP contribution in [0.3, 0.4) is 0 Å². The SMILES string of the molecule is COc1ccccc1N1CCC(CNc2nc3c(cnn3C(C)(C)C)c(=O)[nH]2)C1. The Labute approximate surface area is 169 Å². The van der Waals surface area contributed by atoms with Crippen molar-refractivity contribution in [1.29, 1.82) is 0 Å². The molecule has 0 amide bonds. The van der Waals surface area contributed by atoms with Crippen molar-refractivity contribution in [3.8, 4) is 5.75 Å². The van der Waals surface area contributed by atoms with Gasteiger partial charge in [-0.15, -0.1) is 0 Å². The van der Waals surface area contributed by atoms with Gasteiger partial charge in [0, 0.05) is 19.6 Å². The summed E-state index contributed by atoms with van der Waals surface area (Å²) in [6, 6.07) is 8.10. The van der Waals surface area contributed by atoms with Gasteiger partial charge in [-0.2, -0.15) is 10.1 Å². The highest BCUT2D eigenvalue weighted by atomic mass is 16.5. The van der Waals surface area contributed by atoms with Gasteiger partial charge in [-0.05, 0) is 45.2 Å². The average Bonchev–Trinajstić information content (AvgIpc) is 3.33. The number of H-pyrrole nitrogens is 1. The van der Waals surface area contributed by atoms with Crippen LogP contribution in [0.1, 0.15) is 27.2 Å². The van der Waals surface area contributed by atoms with Crippen molar-refractivity contribution < 1.29 is 4.74 Å². The molecular formula is C21H28N6O2. The van der Waals surface area contributed by atoms with Crippen LogP contribution in [-0.2, 0) is 5.54 Å². The molecule has 29 heavy (non-hydrogen) atoms. The lowest BCUT2D eigenvalue weighted by Crippen LogP contribution is -2.25. The highest BCUT2D eigenvalue weighted by Gasteiger charge is 2.25. The summed E-state index contributed by atoms with van der Waals surface area (Å²) < 4.78 is 7.29. The number of aromatic nitrogens is 4. The minimum absolute atomic E-state index is 0.171. The minimum Gasteiger partial charge on any atom is -0.495 e. The lowest BCUT2D eigenvalue weighted by Gasteiger charge is -2.21. The molecule has 1 saturated heterocycles. The molecule has 0 aliphatic carbocycles. The van der Waals surface area contributed by atoms with E-state index in [0.717, 1.165) is 37.5 Å². The van der Waals surface area contributed by atoms with Gasteiger partial charge in [0.2, 0.25) is 5.95 Å². The lowest BCUT2D eigenvalue weighted by molar-refractivity contribution is 0.366. The Morgan fingerprint density at radius 3 is 2.86 bits per heavy atom. The fraction of sp³-hybridized carbons (Fsp3) is 0.476. The van der Waals surface area contributed by atoms with Gasteiger partial charge < -0.3 is 15.0 Å². The Hall–Kier alpha value is -3.03. The second kappa shape index (κ2) is 7.42. The van der Waals surface area contributed by atoms with E-state index in [9.17, 15) is 4.79 Å². The second-order valence-electron chi connectivity index (χ2n) is 8.53. The molecule has 8 nitrogen and oxygen atoms in total. The van der Waals surface area contributed by atoms with Crippen molar-refractivity contribution in [3.05, 3.63) is 40.8 Å². The summed E-state index contributed by atoms with van der Waals surface area (Å²) in [5.74, 6) is 1.84. The molecule has 8 heteroatoms. The Morgan fingerprint density at radius 1 is 1.31 bits per heavy atom. The number of rotatable bonds is 5. The maximum absolute atomic E-state index is 12.4. The molecule has 3 heterocycles. The topological polar surface area (TPSA) is 88.1 Å². The quantitative estimate of drug-likeness (QED) is 0.690. The predicted octanol–water partition coefficient (Wildman–Crippen LogP) is 2.82. The van der Waals surface area contributed by atoms with E-state index >= 15 is 0 Å². The van der Waals surface area contributed by atoms with Crippen LogP contribution in [0.2, 0.25) is 0 Å². The van der Waals surface area contributed by atoms with Crippen LogP contribution < -0.4 is 20.5 Å². The first-order chi connectivity index (χ1) is 13.9. The van der Waals surface area contributed by atoms with Crippen LogP contribution in [-0.4, -0.2) is 46.5 Å². The maximum Gasteiger partial charge on any atom is 0.263 e. The Morgan fingerprint density at radius 2 is 2.10 bits per heavy atom. The Kier molecular flexibility index (Phi) is 4.94. The summed E-state index contributed by atoms with van der Waals surface area (Å²) in [5, 5.41) is 8.18. The Bertz CT molecular complexity index is 1060. The highest BCUT2D eigenvalue weighted by Crippen LogP contribution is 2.32. The summed E-state index contributed by atoms with van der Waals surface area (Å²) in [4.78, 5) is 22.2. The molecule has 4 rings (SSSR count). The molecule has 2 aromatic heterocycles. The number of fused-ring (bicyclic) bond motifs is 1. The zero-order valence-corrected chi connectivity index (χ0v) is 17.4. The van der Waals surface area contributed by atoms with Gasteiger partial charge >= 0.3 is 0 Å². The molecule has 2 N–H and O–H groups in total. The van der Waals surface area contributed by atoms with E-state index in [1.165, 1.54) is 0 Å². The van der Waals surface area contributed by atoms with Crippen LogP contribution in [0.4, 0.5) is 11.6 Å². The standard InChI is InChI=1S/C21H28N6O2/c1-21(2,3)27-18-15(12-23-27)19(28)25-20(24-18)22-11-14-9-10-26(13-14)16-7-5-6-8-17(16)29-4/h5-8,12,14H,9-11,13H2,1-4H3,(H2,22,24,25,28). The zero-order valence-electron chi connectivity index (χ0n) is 17.4. The summed E-state index contributed by atoms with van der Waals surface area (Å²) in [6.07, 6.45) is 2.65. The van der Waals surface area contributed by atoms with E-state index in [4.69, 9.17) is 4.74 Å². The van der Waals surface area contributed by atoms with E-state index in [2.05, 4.69) is 31.3 Å². The number of hydrogen-bond acceptors (Lipinski definition) is 6. The van der Waals surface area contributed by atoms with Gasteiger partial charge in [0.05, 0.1) is 24.5 Å². The first kappa shape index (κ1) is 19.3. The molecule has 3 aromatic rings. The van der Waals surface area contributed by atoms with Crippen LogP contribution in [0.5, 0.6) is 5.75 Å². The maximum atomic E-state index is 12.4. The third-order valence-corrected chi connectivity index (χ3v) is 5.34. The predicted molar refractivity (Wildman–Crippen MR) is 115 cm³/mol. The van der Waals surface area contributed by atoms with E-state index < -0.39 is 0 Å². The molecule has 1 fully saturated rings. The fourth-order valence-electron chi connectivity index (χ4n) is 3.84. The molecule has 0 spiro atoms. The number of nitrogens with zero attached hydrogens (tertiary/aromatic N) is 4. The third-order valence-electron chi connectivity index (χ3n) is 5.34. The van der Waals surface area contributed by atoms with Crippen molar-refractivity contribution in [2.24, 2.45) is 5.92 Å². The van der Waals surface area contributed by atoms with Crippen molar-refractivity contribution in [2.75, 3.05) is 37.0 Å². The number of benzene rings is 1. The van der Waals surface area contributed by atoms with Crippen molar-refractivity contribution in [1.82, 2.24) is 19.7 Å². The van der Waals surface area contributed by atoms with Gasteiger partial charge in [-0.1, -0.05) is 12.1 Å². The molecular weight excluding hydrogens is 368 g/mol. The third kappa shape index (κ3) is 3.79. The smallest absolute Gasteiger partial charge is 0.263 e. The highest BCUT2D eigenvalue weighted by molar-refractivity contribution is 5.74. The van der Waals surface area contributed by atoms with E-state index in [1.807, 2.05) is 39.0 Å². The zero-order chi connectivity index (χ0) is 20.6. The number of hydrogen-bond donors (Lipinski definition) is 2. The summed E-state index contributed by atoms with van der Waals surface area (Å²) in [6.45, 7) is 8.77. The molecule has 1 aliphatic heterocycles. The average molecular weight is 396 g/mol. The summed E-state index contributed by atoms with van der Waals surface area (Å²) >= 11 is 0. The largest absolute Gasteiger partial charge is 0.495 e. The normalized spacial score (nSPS) is 17.1. The van der Waals surface area contributed by atoms with Gasteiger partial charge in [0.15, 0.2) is 5.65 Å². The number of ether oxygens (including phenoxy) is 1. The van der Waals surface area contributed by atoms with Gasteiger partial charge in [0.25, 0.3) is 5.56 Å². The molecule has 1 unspecified atom stereocenters. The van der Waals surface area contributed by atoms with Gasteiger partial charge in [0.1, 0.15) is 11.1 Å². The van der Waals surface area contributed by atoms with Gasteiger partial charge in [-0.3, -0.25) is 9.78 Å². The van der Waals surface area contributed by atoms with Crippen LogP contribution >= 0.6 is 0 Å². The van der Waals surface area contributed by atoms with Crippen LogP contribution in [0, 0.1) is 5.92 Å². The molecule has 1 aromatic carbocycles. The van der Waals surface area contributed by atoms with Crippen molar-refractivity contribution in [2.45, 2.75) is 32.7 Å². The van der Waals surface area contributed by atoms with E-state index in [-0.39, 0.29) is 11.1 Å². The van der Waals surface area contributed by atoms with E-state index in [0.29, 0.717) is 22.9 Å². The molecule has 1 aliphatic rings. The van der Waals surface area contributed by atoms with Crippen LogP contribution in [0.15, 0.2) is 35.3 Å². The first-order valence-corrected chi connectivity index (χ1v) is 9.97. The molecule has 0 bridgehead atoms. The number of methoxy groups -OCH3 is 1. The van der Waals surface area contributed by atoms with Crippen LogP contribution in [0.25, 0.3) is 11.0 Å². The summed E-state index contributed by atoms with van der Waals surface area (Å²) in [5.41, 5.74) is 1.31. The van der Waals surface area contributed by atoms with E-state index in [1.54, 1.807) is 18.0 Å². The van der Waals surface area contributed by atoms with Crippen molar-refractivity contribution >= 4 is 22.7 Å². The summed E-state index contributed by atoms with van der Waals surface area (Å²) in [7, 11) is 1.70. The first-order valence-electron chi connectivity index (χ1n) is 9.97. The Balaban J connectivity index is 1.47. The van der Waals surface area contributed by atoms with Gasteiger partial charge in [-0.25, -0.2) is 4.68 Å². The number of para-hydroxylation sites is 2. The molecule has 0 radical (unpaired) electrons. The molecule has 0 saturated carbocycles.